The largest absolute Gasteiger partial charge is 0.374 e. The average molecular weight is 327 g/mol. The number of anilines is 1. The van der Waals surface area contributed by atoms with Gasteiger partial charge >= 0.3 is 0 Å². The number of rotatable bonds is 4. The first-order valence-electron chi connectivity index (χ1n) is 8.27. The summed E-state index contributed by atoms with van der Waals surface area (Å²) in [4.78, 5) is 10.8. The first kappa shape index (κ1) is 16.3. The molecule has 2 heterocycles. The van der Waals surface area contributed by atoms with E-state index < -0.39 is 0 Å². The van der Waals surface area contributed by atoms with E-state index in [0.29, 0.717) is 6.54 Å². The monoisotopic (exact) mass is 327 g/mol. The van der Waals surface area contributed by atoms with Crippen LogP contribution in [0.25, 0.3) is 0 Å². The first-order chi connectivity index (χ1) is 11.7. The molecule has 24 heavy (non-hydrogen) atoms. The lowest BCUT2D eigenvalue weighted by Crippen LogP contribution is -2.37. The van der Waals surface area contributed by atoms with Crippen LogP contribution in [0.4, 0.5) is 5.69 Å². The summed E-state index contributed by atoms with van der Waals surface area (Å²) in [6.45, 7) is 2.48. The minimum atomic E-state index is 0.588. The van der Waals surface area contributed by atoms with Crippen molar-refractivity contribution >= 4 is 11.6 Å². The average Bonchev–Trinajstić information content (AvgIpc) is 3.00. The predicted molar refractivity (Wildman–Crippen MR) is 96.1 cm³/mol. The Morgan fingerprint density at radius 3 is 2.83 bits per heavy atom. The second-order valence-electron chi connectivity index (χ2n) is 6.07. The summed E-state index contributed by atoms with van der Waals surface area (Å²) in [7, 11) is 5.81. The second-order valence-corrected chi connectivity index (χ2v) is 6.07. The van der Waals surface area contributed by atoms with Gasteiger partial charge in [0.15, 0.2) is 5.96 Å². The summed E-state index contributed by atoms with van der Waals surface area (Å²) in [5.41, 5.74) is 4.06. The van der Waals surface area contributed by atoms with E-state index in [1.165, 1.54) is 23.2 Å². The van der Waals surface area contributed by atoms with Crippen LogP contribution < -0.4 is 15.5 Å². The van der Waals surface area contributed by atoms with Gasteiger partial charge in [0.1, 0.15) is 12.2 Å². The predicted octanol–water partition coefficient (Wildman–Crippen LogP) is 1.06. The molecule has 0 saturated carbocycles. The number of nitrogens with one attached hydrogen (secondary N) is 2. The SMILES string of the molecule is CN=C(NCc1ccc2c(c1)CCCN2C)NCc1ncnn1C. The number of aromatic nitrogens is 3. The molecule has 0 radical (unpaired) electrons. The topological polar surface area (TPSA) is 70.4 Å². The van der Waals surface area contributed by atoms with Gasteiger partial charge in [-0.1, -0.05) is 12.1 Å². The summed E-state index contributed by atoms with van der Waals surface area (Å²) < 4.78 is 1.75. The number of nitrogens with zero attached hydrogens (tertiary/aromatic N) is 5. The Labute approximate surface area is 142 Å². The van der Waals surface area contributed by atoms with Crippen LogP contribution in [0.15, 0.2) is 29.5 Å². The molecule has 0 amide bonds. The Bertz CT molecular complexity index is 719. The van der Waals surface area contributed by atoms with Crippen LogP contribution in [0.3, 0.4) is 0 Å². The molecular formula is C17H25N7. The highest BCUT2D eigenvalue weighted by atomic mass is 15.3. The van der Waals surface area contributed by atoms with Gasteiger partial charge in [0.05, 0.1) is 6.54 Å². The Balaban J connectivity index is 1.57. The smallest absolute Gasteiger partial charge is 0.191 e. The highest BCUT2D eigenvalue weighted by Gasteiger charge is 2.13. The molecule has 1 aromatic heterocycles. The molecule has 128 valence electrons. The third-order valence-corrected chi connectivity index (χ3v) is 4.40. The molecule has 1 aromatic carbocycles. The lowest BCUT2D eigenvalue weighted by Gasteiger charge is -2.28. The maximum Gasteiger partial charge on any atom is 0.191 e. The molecular weight excluding hydrogens is 302 g/mol. The normalized spacial score (nSPS) is 14.5. The van der Waals surface area contributed by atoms with Crippen molar-refractivity contribution in [3.05, 3.63) is 41.5 Å². The van der Waals surface area contributed by atoms with Crippen LogP contribution in [0.5, 0.6) is 0 Å². The lowest BCUT2D eigenvalue weighted by atomic mass is 9.99. The molecule has 1 aliphatic heterocycles. The maximum atomic E-state index is 4.26. The Morgan fingerprint density at radius 2 is 2.08 bits per heavy atom. The molecule has 0 saturated heterocycles. The Morgan fingerprint density at radius 1 is 1.25 bits per heavy atom. The van der Waals surface area contributed by atoms with Crippen molar-refractivity contribution in [2.24, 2.45) is 12.0 Å². The number of benzene rings is 1. The zero-order valence-electron chi connectivity index (χ0n) is 14.6. The van der Waals surface area contributed by atoms with E-state index >= 15 is 0 Å². The molecule has 2 N–H and O–H groups in total. The van der Waals surface area contributed by atoms with Crippen LogP contribution in [0.2, 0.25) is 0 Å². The summed E-state index contributed by atoms with van der Waals surface area (Å²) >= 11 is 0. The molecule has 0 spiro atoms. The number of aliphatic imine (C=N–C) groups is 1. The van der Waals surface area contributed by atoms with Gasteiger partial charge in [-0.05, 0) is 30.0 Å². The quantitative estimate of drug-likeness (QED) is 0.649. The Kier molecular flexibility index (Phi) is 4.98. The number of aryl methyl sites for hydroxylation is 2. The summed E-state index contributed by atoms with van der Waals surface area (Å²) in [5.74, 6) is 1.63. The maximum absolute atomic E-state index is 4.26. The standard InChI is InChI=1S/C17H25N7/c1-18-17(20-11-16-21-12-22-24(16)3)19-10-13-6-7-15-14(9-13)5-4-8-23(15)2/h6-7,9,12H,4-5,8,10-11H2,1-3H3,(H2,18,19,20). The van der Waals surface area contributed by atoms with Crippen LogP contribution in [-0.2, 0) is 26.6 Å². The van der Waals surface area contributed by atoms with E-state index in [2.05, 4.69) is 55.9 Å². The van der Waals surface area contributed by atoms with Gasteiger partial charge < -0.3 is 15.5 Å². The molecule has 0 unspecified atom stereocenters. The van der Waals surface area contributed by atoms with Crippen molar-refractivity contribution in [2.45, 2.75) is 25.9 Å². The van der Waals surface area contributed by atoms with Crippen LogP contribution in [0.1, 0.15) is 23.4 Å². The fourth-order valence-corrected chi connectivity index (χ4v) is 3.00. The Hall–Kier alpha value is -2.57. The number of hydrogen-bond donors (Lipinski definition) is 2. The van der Waals surface area contributed by atoms with Gasteiger partial charge in [0.25, 0.3) is 0 Å². The summed E-state index contributed by atoms with van der Waals surface area (Å²) in [6.07, 6.45) is 3.94. The second kappa shape index (κ2) is 7.33. The molecule has 7 nitrogen and oxygen atoms in total. The lowest BCUT2D eigenvalue weighted by molar-refractivity contribution is 0.672. The van der Waals surface area contributed by atoms with Crippen molar-refractivity contribution in [2.75, 3.05) is 25.5 Å². The minimum Gasteiger partial charge on any atom is -0.374 e. The van der Waals surface area contributed by atoms with Gasteiger partial charge in [0, 0.05) is 39.9 Å². The minimum absolute atomic E-state index is 0.588. The summed E-state index contributed by atoms with van der Waals surface area (Å²) in [5, 5.41) is 10.7. The van der Waals surface area contributed by atoms with Crippen molar-refractivity contribution in [3.63, 3.8) is 0 Å². The highest BCUT2D eigenvalue weighted by molar-refractivity contribution is 5.79. The van der Waals surface area contributed by atoms with E-state index in [-0.39, 0.29) is 0 Å². The van der Waals surface area contributed by atoms with Gasteiger partial charge in [0.2, 0.25) is 0 Å². The zero-order valence-corrected chi connectivity index (χ0v) is 14.6. The molecule has 1 aliphatic rings. The zero-order chi connectivity index (χ0) is 16.9. The molecule has 3 rings (SSSR count). The van der Waals surface area contributed by atoms with Crippen molar-refractivity contribution in [1.29, 1.82) is 0 Å². The van der Waals surface area contributed by atoms with Gasteiger partial charge in [-0.3, -0.25) is 9.67 Å². The van der Waals surface area contributed by atoms with E-state index in [1.807, 2.05) is 7.05 Å². The van der Waals surface area contributed by atoms with E-state index in [0.717, 1.165) is 31.3 Å². The van der Waals surface area contributed by atoms with Gasteiger partial charge in [-0.25, -0.2) is 4.98 Å². The number of guanidine groups is 1. The molecule has 2 aromatic rings. The summed E-state index contributed by atoms with van der Waals surface area (Å²) in [6, 6.07) is 6.71. The third-order valence-electron chi connectivity index (χ3n) is 4.40. The fraction of sp³-hybridized carbons (Fsp3) is 0.471. The van der Waals surface area contributed by atoms with Crippen molar-refractivity contribution in [3.8, 4) is 0 Å². The van der Waals surface area contributed by atoms with Crippen LogP contribution in [-0.4, -0.2) is 41.4 Å². The molecule has 0 bridgehead atoms. The molecule has 0 aliphatic carbocycles. The fourth-order valence-electron chi connectivity index (χ4n) is 3.00. The molecule has 0 fully saturated rings. The van der Waals surface area contributed by atoms with E-state index in [4.69, 9.17) is 0 Å². The van der Waals surface area contributed by atoms with Crippen molar-refractivity contribution < 1.29 is 0 Å². The first-order valence-corrected chi connectivity index (χ1v) is 8.27. The van der Waals surface area contributed by atoms with Crippen LogP contribution >= 0.6 is 0 Å². The highest BCUT2D eigenvalue weighted by Crippen LogP contribution is 2.26. The molecule has 0 atom stereocenters. The van der Waals surface area contributed by atoms with Gasteiger partial charge in [-0.2, -0.15) is 5.10 Å². The number of hydrogen-bond acceptors (Lipinski definition) is 4. The van der Waals surface area contributed by atoms with Crippen molar-refractivity contribution in [1.82, 2.24) is 25.4 Å². The number of fused-ring (bicyclic) bond motifs is 1. The van der Waals surface area contributed by atoms with E-state index in [1.54, 1.807) is 18.1 Å². The molecule has 7 heteroatoms. The van der Waals surface area contributed by atoms with E-state index in [9.17, 15) is 0 Å². The third kappa shape index (κ3) is 3.67. The van der Waals surface area contributed by atoms with Gasteiger partial charge in [-0.15, -0.1) is 0 Å². The van der Waals surface area contributed by atoms with Crippen LogP contribution in [0, 0.1) is 0 Å².